The largest absolute Gasteiger partial charge is 0.495 e. The van der Waals surface area contributed by atoms with E-state index in [2.05, 4.69) is 6.92 Å². The predicted octanol–water partition coefficient (Wildman–Crippen LogP) is 4.95. The minimum Gasteiger partial charge on any atom is -0.495 e. The summed E-state index contributed by atoms with van der Waals surface area (Å²) in [5.41, 5.74) is 7.61. The van der Waals surface area contributed by atoms with Gasteiger partial charge in [-0.3, -0.25) is 0 Å². The Bertz CT molecular complexity index is 427. The number of hydrogen-bond donors (Lipinski definition) is 1. The summed E-state index contributed by atoms with van der Waals surface area (Å²) in [6.07, 6.45) is 7.83. The van der Waals surface area contributed by atoms with E-state index in [1.54, 1.807) is 7.11 Å². The molecule has 3 heteroatoms. The molecule has 1 aliphatic carbocycles. The average molecular weight is 296 g/mol. The zero-order chi connectivity index (χ0) is 14.5. The molecule has 2 nitrogen and oxygen atoms in total. The molecule has 20 heavy (non-hydrogen) atoms. The van der Waals surface area contributed by atoms with Gasteiger partial charge in [-0.15, -0.1) is 0 Å². The number of halogens is 1. The van der Waals surface area contributed by atoms with Crippen molar-refractivity contribution in [2.75, 3.05) is 7.11 Å². The Kier molecular flexibility index (Phi) is 5.74. The lowest BCUT2D eigenvalue weighted by Gasteiger charge is -2.32. The van der Waals surface area contributed by atoms with Gasteiger partial charge in [0.05, 0.1) is 12.1 Å². The first kappa shape index (κ1) is 15.7. The Morgan fingerprint density at radius 3 is 2.60 bits per heavy atom. The van der Waals surface area contributed by atoms with E-state index in [4.69, 9.17) is 22.1 Å². The van der Waals surface area contributed by atoms with Crippen molar-refractivity contribution in [3.8, 4) is 5.75 Å². The van der Waals surface area contributed by atoms with E-state index in [1.807, 2.05) is 18.2 Å². The Hall–Kier alpha value is -0.730. The monoisotopic (exact) mass is 295 g/mol. The van der Waals surface area contributed by atoms with Crippen LogP contribution < -0.4 is 10.5 Å². The molecule has 0 aromatic heterocycles. The highest BCUT2D eigenvalue weighted by molar-refractivity contribution is 6.32. The molecule has 1 fully saturated rings. The standard InChI is InChI=1S/C17H26ClNO/c1-3-4-12-5-7-13(8-6-12)17(19)14-9-10-15(18)16(11-14)20-2/h9-13,17H,3-8,19H2,1-2H3. The lowest BCUT2D eigenvalue weighted by molar-refractivity contribution is 0.234. The van der Waals surface area contributed by atoms with Gasteiger partial charge in [-0.05, 0) is 42.4 Å². The van der Waals surface area contributed by atoms with Crippen molar-refractivity contribution in [2.45, 2.75) is 51.5 Å². The molecule has 1 aromatic carbocycles. The second-order valence-corrected chi connectivity index (χ2v) is 6.40. The molecular formula is C17H26ClNO. The lowest BCUT2D eigenvalue weighted by atomic mass is 9.76. The number of nitrogens with two attached hydrogens (primary N) is 1. The van der Waals surface area contributed by atoms with E-state index in [0.717, 1.165) is 17.2 Å². The molecule has 0 saturated heterocycles. The number of hydrogen-bond acceptors (Lipinski definition) is 2. The van der Waals surface area contributed by atoms with E-state index < -0.39 is 0 Å². The Morgan fingerprint density at radius 1 is 1.30 bits per heavy atom. The smallest absolute Gasteiger partial charge is 0.137 e. The van der Waals surface area contributed by atoms with E-state index in [1.165, 1.54) is 38.5 Å². The molecule has 112 valence electrons. The highest BCUT2D eigenvalue weighted by Crippen LogP contribution is 2.38. The quantitative estimate of drug-likeness (QED) is 0.833. The maximum absolute atomic E-state index is 6.46. The van der Waals surface area contributed by atoms with Crippen LogP contribution >= 0.6 is 11.6 Å². The first-order valence-electron chi connectivity index (χ1n) is 7.74. The van der Waals surface area contributed by atoms with E-state index in [0.29, 0.717) is 10.9 Å². The number of methoxy groups -OCH3 is 1. The first-order chi connectivity index (χ1) is 9.65. The van der Waals surface area contributed by atoms with E-state index >= 15 is 0 Å². The van der Waals surface area contributed by atoms with Gasteiger partial charge in [-0.25, -0.2) is 0 Å². The topological polar surface area (TPSA) is 35.2 Å². The second-order valence-electron chi connectivity index (χ2n) is 5.99. The number of benzene rings is 1. The molecule has 2 N–H and O–H groups in total. The maximum Gasteiger partial charge on any atom is 0.137 e. The van der Waals surface area contributed by atoms with Gasteiger partial charge in [0.1, 0.15) is 5.75 Å². The summed E-state index contributed by atoms with van der Waals surface area (Å²) in [5.74, 6) is 2.23. The van der Waals surface area contributed by atoms with Crippen LogP contribution in [0.15, 0.2) is 18.2 Å². The SMILES string of the molecule is CCCC1CCC(C(N)c2ccc(Cl)c(OC)c2)CC1. The highest BCUT2D eigenvalue weighted by atomic mass is 35.5. The normalized spacial score (nSPS) is 24.4. The highest BCUT2D eigenvalue weighted by Gasteiger charge is 2.26. The molecule has 1 atom stereocenters. The van der Waals surface area contributed by atoms with E-state index in [-0.39, 0.29) is 6.04 Å². The van der Waals surface area contributed by atoms with Crippen LogP contribution in [0.5, 0.6) is 5.75 Å². The Balaban J connectivity index is 1.99. The fourth-order valence-electron chi connectivity index (χ4n) is 3.40. The molecule has 0 radical (unpaired) electrons. The van der Waals surface area contributed by atoms with E-state index in [9.17, 15) is 0 Å². The molecule has 1 aliphatic rings. The van der Waals surface area contributed by atoms with Crippen LogP contribution in [0.2, 0.25) is 5.02 Å². The minimum absolute atomic E-state index is 0.101. The maximum atomic E-state index is 6.46. The molecule has 1 unspecified atom stereocenters. The Labute approximate surface area is 127 Å². The molecular weight excluding hydrogens is 270 g/mol. The van der Waals surface area contributed by atoms with Crippen LogP contribution in [-0.2, 0) is 0 Å². The third-order valence-corrected chi connectivity index (χ3v) is 4.97. The van der Waals surface area contributed by atoms with Gasteiger partial charge in [0, 0.05) is 6.04 Å². The van der Waals surface area contributed by atoms with Crippen LogP contribution in [0.3, 0.4) is 0 Å². The van der Waals surface area contributed by atoms with Gasteiger partial charge in [0.2, 0.25) is 0 Å². The van der Waals surface area contributed by atoms with Crippen molar-refractivity contribution >= 4 is 11.6 Å². The van der Waals surface area contributed by atoms with Crippen LogP contribution in [0.1, 0.15) is 57.1 Å². The van der Waals surface area contributed by atoms with Crippen molar-refractivity contribution in [3.63, 3.8) is 0 Å². The van der Waals surface area contributed by atoms with Crippen LogP contribution in [0, 0.1) is 11.8 Å². The lowest BCUT2D eigenvalue weighted by Crippen LogP contribution is -2.26. The summed E-state index contributed by atoms with van der Waals surface area (Å²) in [6.45, 7) is 2.28. The zero-order valence-electron chi connectivity index (χ0n) is 12.6. The van der Waals surface area contributed by atoms with Gasteiger partial charge in [0.25, 0.3) is 0 Å². The fourth-order valence-corrected chi connectivity index (χ4v) is 3.59. The van der Waals surface area contributed by atoms with Crippen molar-refractivity contribution in [1.29, 1.82) is 0 Å². The van der Waals surface area contributed by atoms with Gasteiger partial charge >= 0.3 is 0 Å². The zero-order valence-corrected chi connectivity index (χ0v) is 13.3. The average Bonchev–Trinajstić information content (AvgIpc) is 2.48. The molecule has 1 aromatic rings. The minimum atomic E-state index is 0.101. The van der Waals surface area contributed by atoms with Crippen LogP contribution in [0.4, 0.5) is 0 Å². The summed E-state index contributed by atoms with van der Waals surface area (Å²) < 4.78 is 5.28. The molecule has 0 aliphatic heterocycles. The van der Waals surface area contributed by atoms with Crippen molar-refractivity contribution < 1.29 is 4.74 Å². The molecule has 1 saturated carbocycles. The molecule has 2 rings (SSSR count). The van der Waals surface area contributed by atoms with Crippen molar-refractivity contribution in [2.24, 2.45) is 17.6 Å². The Morgan fingerprint density at radius 2 is 2.00 bits per heavy atom. The summed E-state index contributed by atoms with van der Waals surface area (Å²) in [4.78, 5) is 0. The first-order valence-corrected chi connectivity index (χ1v) is 8.12. The van der Waals surface area contributed by atoms with Gasteiger partial charge in [-0.2, -0.15) is 0 Å². The van der Waals surface area contributed by atoms with Gasteiger partial charge in [-0.1, -0.05) is 50.3 Å². The van der Waals surface area contributed by atoms with Gasteiger partial charge < -0.3 is 10.5 Å². The second kappa shape index (κ2) is 7.33. The third kappa shape index (κ3) is 3.67. The number of ether oxygens (including phenoxy) is 1. The van der Waals surface area contributed by atoms with Crippen molar-refractivity contribution in [1.82, 2.24) is 0 Å². The predicted molar refractivity (Wildman–Crippen MR) is 85.3 cm³/mol. The summed E-state index contributed by atoms with van der Waals surface area (Å²) in [5, 5.41) is 0.648. The van der Waals surface area contributed by atoms with Crippen molar-refractivity contribution in [3.05, 3.63) is 28.8 Å². The number of rotatable bonds is 5. The summed E-state index contributed by atoms with van der Waals surface area (Å²) in [7, 11) is 1.65. The van der Waals surface area contributed by atoms with Crippen LogP contribution in [0.25, 0.3) is 0 Å². The fraction of sp³-hybridized carbons (Fsp3) is 0.647. The molecule has 0 bridgehead atoms. The summed E-state index contributed by atoms with van der Waals surface area (Å²) in [6, 6.07) is 6.01. The molecule has 0 heterocycles. The summed E-state index contributed by atoms with van der Waals surface area (Å²) >= 11 is 6.07. The third-order valence-electron chi connectivity index (χ3n) is 4.66. The molecule has 0 spiro atoms. The van der Waals surface area contributed by atoms with Crippen LogP contribution in [-0.4, -0.2) is 7.11 Å². The van der Waals surface area contributed by atoms with Gasteiger partial charge in [0.15, 0.2) is 0 Å². The molecule has 0 amide bonds.